The molecule has 3 atom stereocenters. The fraction of sp³-hybridized carbons (Fsp3) is 0.611. The van der Waals surface area contributed by atoms with Crippen molar-refractivity contribution < 1.29 is 0 Å². The molecule has 0 saturated carbocycles. The number of aryl methyl sites for hydroxylation is 1. The standard InChI is InChI=1S/C13H19N3.C3H6.C2H6/c1-3-10-8-16(9(2)14-10)13-6-11-4-5-12(7-13)15-11;1-3-2;1-2/h3,8,11-13,15H,1,4-7H2,2H3;3H,1H2,2H3;1-2H3/t11-,12?,13?;;/m0../s1. The summed E-state index contributed by atoms with van der Waals surface area (Å²) in [5.74, 6) is 1.13. The van der Waals surface area contributed by atoms with Gasteiger partial charge in [0.15, 0.2) is 0 Å². The zero-order valence-electron chi connectivity index (χ0n) is 14.1. The number of fused-ring (bicyclic) bond motifs is 2. The largest absolute Gasteiger partial charge is 0.331 e. The summed E-state index contributed by atoms with van der Waals surface area (Å²) in [6.45, 7) is 15.1. The van der Waals surface area contributed by atoms with Crippen LogP contribution in [0.3, 0.4) is 0 Å². The molecule has 3 nitrogen and oxygen atoms in total. The number of aromatic nitrogens is 2. The van der Waals surface area contributed by atoms with E-state index < -0.39 is 0 Å². The molecule has 2 aliphatic rings. The summed E-state index contributed by atoms with van der Waals surface area (Å²) in [6, 6.07) is 2.11. The zero-order valence-corrected chi connectivity index (χ0v) is 14.1. The molecule has 0 amide bonds. The lowest BCUT2D eigenvalue weighted by Gasteiger charge is -2.30. The first-order chi connectivity index (χ1) is 10.2. The van der Waals surface area contributed by atoms with Crippen molar-refractivity contribution in [2.24, 2.45) is 0 Å². The van der Waals surface area contributed by atoms with E-state index in [1.165, 1.54) is 25.7 Å². The number of rotatable bonds is 2. The van der Waals surface area contributed by atoms with Gasteiger partial charge in [-0.25, -0.2) is 4.98 Å². The fourth-order valence-corrected chi connectivity index (χ4v) is 3.23. The van der Waals surface area contributed by atoms with Gasteiger partial charge in [0.2, 0.25) is 0 Å². The molecule has 2 saturated heterocycles. The molecule has 3 rings (SSSR count). The minimum Gasteiger partial charge on any atom is -0.331 e. The van der Waals surface area contributed by atoms with Crippen LogP contribution >= 0.6 is 0 Å². The maximum Gasteiger partial charge on any atom is 0.106 e. The first-order valence-electron chi connectivity index (χ1n) is 8.19. The van der Waals surface area contributed by atoms with E-state index in [2.05, 4.69) is 41.1 Å². The second-order valence-corrected chi connectivity index (χ2v) is 5.50. The van der Waals surface area contributed by atoms with Crippen LogP contribution in [0, 0.1) is 6.92 Å². The Kier molecular flexibility index (Phi) is 7.44. The van der Waals surface area contributed by atoms with Crippen LogP contribution in [0.2, 0.25) is 0 Å². The Labute approximate surface area is 130 Å². The Balaban J connectivity index is 0.000000395. The topological polar surface area (TPSA) is 29.9 Å². The minimum atomic E-state index is 0.639. The maximum atomic E-state index is 4.50. The Morgan fingerprint density at radius 1 is 1.24 bits per heavy atom. The van der Waals surface area contributed by atoms with E-state index in [9.17, 15) is 0 Å². The van der Waals surface area contributed by atoms with Crippen LogP contribution in [-0.2, 0) is 0 Å². The Morgan fingerprint density at radius 3 is 2.19 bits per heavy atom. The summed E-state index contributed by atoms with van der Waals surface area (Å²) in [5, 5.41) is 3.68. The van der Waals surface area contributed by atoms with Crippen molar-refractivity contribution in [1.29, 1.82) is 0 Å². The molecule has 0 spiro atoms. The fourth-order valence-electron chi connectivity index (χ4n) is 3.23. The third kappa shape index (κ3) is 4.57. The maximum absolute atomic E-state index is 4.50. The normalized spacial score (nSPS) is 26.0. The van der Waals surface area contributed by atoms with Crippen LogP contribution in [0.5, 0.6) is 0 Å². The van der Waals surface area contributed by atoms with Gasteiger partial charge in [-0.05, 0) is 45.6 Å². The van der Waals surface area contributed by atoms with Gasteiger partial charge in [-0.1, -0.05) is 26.5 Å². The Morgan fingerprint density at radius 2 is 1.76 bits per heavy atom. The molecule has 2 fully saturated rings. The van der Waals surface area contributed by atoms with Gasteiger partial charge < -0.3 is 9.88 Å². The summed E-state index contributed by atoms with van der Waals surface area (Å²) in [4.78, 5) is 4.50. The van der Waals surface area contributed by atoms with Gasteiger partial charge in [-0.15, -0.1) is 6.58 Å². The van der Waals surface area contributed by atoms with Crippen LogP contribution in [0.4, 0.5) is 0 Å². The molecule has 2 aliphatic heterocycles. The quantitative estimate of drug-likeness (QED) is 0.812. The van der Waals surface area contributed by atoms with Crippen molar-refractivity contribution in [3.8, 4) is 0 Å². The lowest BCUT2D eigenvalue weighted by molar-refractivity contribution is 0.295. The molecule has 21 heavy (non-hydrogen) atoms. The van der Waals surface area contributed by atoms with Crippen molar-refractivity contribution in [2.45, 2.75) is 71.5 Å². The second kappa shape index (κ2) is 8.83. The van der Waals surface area contributed by atoms with E-state index in [1.54, 1.807) is 6.08 Å². The van der Waals surface area contributed by atoms with Gasteiger partial charge in [0, 0.05) is 24.3 Å². The van der Waals surface area contributed by atoms with E-state index in [0.717, 1.165) is 23.6 Å². The molecule has 118 valence electrons. The van der Waals surface area contributed by atoms with Crippen LogP contribution in [0.25, 0.3) is 6.08 Å². The number of imidazole rings is 1. The van der Waals surface area contributed by atoms with Crippen LogP contribution in [0.15, 0.2) is 25.4 Å². The second-order valence-electron chi connectivity index (χ2n) is 5.50. The summed E-state index contributed by atoms with van der Waals surface area (Å²) in [6.07, 6.45) is 10.9. The lowest BCUT2D eigenvalue weighted by Crippen LogP contribution is -2.38. The van der Waals surface area contributed by atoms with Crippen molar-refractivity contribution in [3.63, 3.8) is 0 Å². The molecular formula is C18H31N3. The van der Waals surface area contributed by atoms with Crippen molar-refractivity contribution in [2.75, 3.05) is 0 Å². The molecule has 3 heteroatoms. The van der Waals surface area contributed by atoms with Crippen molar-refractivity contribution in [3.05, 3.63) is 36.9 Å². The summed E-state index contributed by atoms with van der Waals surface area (Å²) in [5.41, 5.74) is 1.00. The lowest BCUT2D eigenvalue weighted by atomic mass is 9.99. The summed E-state index contributed by atoms with van der Waals surface area (Å²) in [7, 11) is 0. The molecule has 0 aliphatic carbocycles. The van der Waals surface area contributed by atoms with E-state index in [1.807, 2.05) is 26.8 Å². The van der Waals surface area contributed by atoms with Crippen molar-refractivity contribution >= 4 is 6.08 Å². The van der Waals surface area contributed by atoms with E-state index in [4.69, 9.17) is 0 Å². The number of hydrogen-bond acceptors (Lipinski definition) is 2. The predicted molar refractivity (Wildman–Crippen MR) is 92.5 cm³/mol. The molecule has 1 N–H and O–H groups in total. The molecule has 2 unspecified atom stereocenters. The number of nitrogens with zero attached hydrogens (tertiary/aromatic N) is 2. The number of piperidine rings is 1. The van der Waals surface area contributed by atoms with Crippen LogP contribution < -0.4 is 5.32 Å². The zero-order chi connectivity index (χ0) is 15.8. The van der Waals surface area contributed by atoms with E-state index in [0.29, 0.717) is 6.04 Å². The third-order valence-corrected chi connectivity index (χ3v) is 3.99. The Hall–Kier alpha value is -1.35. The molecule has 3 heterocycles. The molecule has 1 aromatic heterocycles. The number of nitrogens with one attached hydrogen (secondary N) is 1. The average molecular weight is 289 g/mol. The van der Waals surface area contributed by atoms with Crippen LogP contribution in [-0.4, -0.2) is 21.6 Å². The van der Waals surface area contributed by atoms with Gasteiger partial charge in [0.25, 0.3) is 0 Å². The summed E-state index contributed by atoms with van der Waals surface area (Å²) >= 11 is 0. The summed E-state index contributed by atoms with van der Waals surface area (Å²) < 4.78 is 2.35. The molecule has 2 bridgehead atoms. The minimum absolute atomic E-state index is 0.639. The smallest absolute Gasteiger partial charge is 0.106 e. The first-order valence-corrected chi connectivity index (χ1v) is 8.19. The highest BCUT2D eigenvalue weighted by atomic mass is 15.1. The first kappa shape index (κ1) is 17.7. The van der Waals surface area contributed by atoms with Crippen LogP contribution in [0.1, 0.15) is 64.0 Å². The third-order valence-electron chi connectivity index (χ3n) is 3.99. The monoisotopic (exact) mass is 289 g/mol. The van der Waals surface area contributed by atoms with Gasteiger partial charge in [-0.3, -0.25) is 0 Å². The SMILES string of the molecule is C=CC.C=Cc1cn(C2CC3CC[C@@H](C2)N3)c(C)n1.CC. The molecule has 1 aromatic rings. The predicted octanol–water partition coefficient (Wildman–Crippen LogP) is 4.51. The highest BCUT2D eigenvalue weighted by Gasteiger charge is 2.34. The molecule has 0 radical (unpaired) electrons. The van der Waals surface area contributed by atoms with Crippen molar-refractivity contribution in [1.82, 2.24) is 14.9 Å². The molecular weight excluding hydrogens is 258 g/mol. The number of allylic oxidation sites excluding steroid dienone is 1. The van der Waals surface area contributed by atoms with Gasteiger partial charge >= 0.3 is 0 Å². The van der Waals surface area contributed by atoms with Gasteiger partial charge in [0.05, 0.1) is 5.69 Å². The molecule has 0 aromatic carbocycles. The van der Waals surface area contributed by atoms with E-state index >= 15 is 0 Å². The highest BCUT2D eigenvalue weighted by Crippen LogP contribution is 2.34. The Bertz CT molecular complexity index is 435. The van der Waals surface area contributed by atoms with E-state index in [-0.39, 0.29) is 0 Å². The van der Waals surface area contributed by atoms with Gasteiger partial charge in [0.1, 0.15) is 5.82 Å². The van der Waals surface area contributed by atoms with Gasteiger partial charge in [-0.2, -0.15) is 0 Å². The average Bonchev–Trinajstić information content (AvgIpc) is 3.04. The highest BCUT2D eigenvalue weighted by molar-refractivity contribution is 5.40. The number of hydrogen-bond donors (Lipinski definition) is 1.